The van der Waals surface area contributed by atoms with Gasteiger partial charge in [0.1, 0.15) is 5.75 Å². The minimum Gasteiger partial charge on any atom is -0.484 e. The lowest BCUT2D eigenvalue weighted by atomic mass is 10.1. The van der Waals surface area contributed by atoms with Crippen LogP contribution < -0.4 is 9.64 Å². The fourth-order valence-corrected chi connectivity index (χ4v) is 4.34. The Hall–Kier alpha value is -3.54. The topological polar surface area (TPSA) is 51.5 Å². The number of halogens is 2. The monoisotopic (exact) mass is 490 g/mol. The lowest BCUT2D eigenvalue weighted by Crippen LogP contribution is -2.34. The lowest BCUT2D eigenvalue weighted by Gasteiger charge is -2.22. The maximum Gasteiger partial charge on any atom is 0.265 e. The summed E-state index contributed by atoms with van der Waals surface area (Å²) in [5.41, 5.74) is 3.75. The van der Waals surface area contributed by atoms with E-state index in [1.807, 2.05) is 41.0 Å². The number of aromatic nitrogens is 1. The third kappa shape index (κ3) is 4.45. The summed E-state index contributed by atoms with van der Waals surface area (Å²) < 4.78 is 7.68. The molecule has 0 saturated heterocycles. The average Bonchev–Trinajstić information content (AvgIpc) is 3.16. The Bertz CT molecular complexity index is 1360. The number of nitrogens with zero attached hydrogens (tertiary/aromatic N) is 2. The van der Waals surface area contributed by atoms with E-state index in [2.05, 4.69) is 0 Å². The van der Waals surface area contributed by atoms with Crippen LogP contribution in [0, 0.1) is 0 Å². The SMILES string of the molecule is O=C(c1ccc(Cl)cc1)c1ccc2n1Cc1ccccc1N(C(=O)COc1ccc(Cl)cc1)C2. The third-order valence-corrected chi connectivity index (χ3v) is 6.32. The van der Waals surface area contributed by atoms with Crippen molar-refractivity contribution in [2.24, 2.45) is 0 Å². The van der Waals surface area contributed by atoms with E-state index in [1.54, 1.807) is 53.4 Å². The Balaban J connectivity index is 1.44. The predicted molar refractivity (Wildman–Crippen MR) is 133 cm³/mol. The Kier molecular flexibility index (Phi) is 6.14. The van der Waals surface area contributed by atoms with Crippen molar-refractivity contribution >= 4 is 40.6 Å². The van der Waals surface area contributed by atoms with Gasteiger partial charge in [0.25, 0.3) is 5.91 Å². The van der Waals surface area contributed by atoms with Gasteiger partial charge in [0, 0.05) is 27.0 Å². The van der Waals surface area contributed by atoms with Crippen LogP contribution in [0.2, 0.25) is 10.0 Å². The van der Waals surface area contributed by atoms with Crippen LogP contribution in [0.25, 0.3) is 0 Å². The van der Waals surface area contributed by atoms with Crippen LogP contribution in [0.1, 0.15) is 27.3 Å². The molecule has 0 atom stereocenters. The molecule has 1 aliphatic heterocycles. The van der Waals surface area contributed by atoms with Crippen LogP contribution >= 0.6 is 23.2 Å². The van der Waals surface area contributed by atoms with Gasteiger partial charge in [-0.1, -0.05) is 41.4 Å². The first kappa shape index (κ1) is 22.3. The number of ether oxygens (including phenoxy) is 1. The highest BCUT2D eigenvalue weighted by atomic mass is 35.5. The van der Waals surface area contributed by atoms with Crippen molar-refractivity contribution in [2.75, 3.05) is 11.5 Å². The smallest absolute Gasteiger partial charge is 0.265 e. The molecule has 5 rings (SSSR count). The van der Waals surface area contributed by atoms with Gasteiger partial charge in [0.05, 0.1) is 18.8 Å². The number of hydrogen-bond acceptors (Lipinski definition) is 3. The highest BCUT2D eigenvalue weighted by molar-refractivity contribution is 6.31. The molecule has 0 radical (unpaired) electrons. The minimum absolute atomic E-state index is 0.0914. The van der Waals surface area contributed by atoms with Crippen LogP contribution in [0.15, 0.2) is 84.9 Å². The molecule has 0 aliphatic carbocycles. The summed E-state index contributed by atoms with van der Waals surface area (Å²) >= 11 is 11.9. The van der Waals surface area contributed by atoms with Crippen molar-refractivity contribution in [1.82, 2.24) is 4.57 Å². The number of anilines is 1. The highest BCUT2D eigenvalue weighted by Crippen LogP contribution is 2.30. The van der Waals surface area contributed by atoms with Crippen molar-refractivity contribution in [1.29, 1.82) is 0 Å². The molecule has 4 aromatic rings. The molecule has 0 unspecified atom stereocenters. The van der Waals surface area contributed by atoms with Gasteiger partial charge in [-0.3, -0.25) is 9.59 Å². The van der Waals surface area contributed by atoms with Crippen molar-refractivity contribution in [3.05, 3.63) is 117 Å². The van der Waals surface area contributed by atoms with Crippen LogP contribution in [0.5, 0.6) is 5.75 Å². The fourth-order valence-electron chi connectivity index (χ4n) is 4.08. The van der Waals surface area contributed by atoms with Crippen molar-refractivity contribution in [3.8, 4) is 5.75 Å². The van der Waals surface area contributed by atoms with E-state index in [4.69, 9.17) is 27.9 Å². The number of carbonyl (C=O) groups is 2. The van der Waals surface area contributed by atoms with Crippen molar-refractivity contribution in [2.45, 2.75) is 13.1 Å². The Labute approximate surface area is 207 Å². The number of fused-ring (bicyclic) bond motifs is 2. The molecule has 34 heavy (non-hydrogen) atoms. The molecule has 1 amide bonds. The van der Waals surface area contributed by atoms with Gasteiger partial charge in [-0.15, -0.1) is 0 Å². The van der Waals surface area contributed by atoms with Gasteiger partial charge in [-0.2, -0.15) is 0 Å². The number of benzene rings is 3. The average molecular weight is 491 g/mol. The molecule has 0 spiro atoms. The Morgan fingerprint density at radius 3 is 2.21 bits per heavy atom. The van der Waals surface area contributed by atoms with Gasteiger partial charge in [-0.25, -0.2) is 0 Å². The summed E-state index contributed by atoms with van der Waals surface area (Å²) in [6, 6.07) is 25.2. The first-order valence-corrected chi connectivity index (χ1v) is 11.5. The van der Waals surface area contributed by atoms with Gasteiger partial charge in [0.2, 0.25) is 5.78 Å². The normalized spacial score (nSPS) is 12.5. The molecule has 3 aromatic carbocycles. The van der Waals surface area contributed by atoms with Gasteiger partial charge in [-0.05, 0) is 72.3 Å². The number of amides is 1. The summed E-state index contributed by atoms with van der Waals surface area (Å²) in [7, 11) is 0. The van der Waals surface area contributed by atoms with Crippen LogP contribution in [0.4, 0.5) is 5.69 Å². The zero-order valence-electron chi connectivity index (χ0n) is 18.1. The van der Waals surface area contributed by atoms with E-state index in [-0.39, 0.29) is 18.3 Å². The van der Waals surface area contributed by atoms with E-state index in [1.165, 1.54) is 0 Å². The molecule has 1 aliphatic rings. The molecule has 170 valence electrons. The van der Waals surface area contributed by atoms with E-state index >= 15 is 0 Å². The van der Waals surface area contributed by atoms with E-state index < -0.39 is 0 Å². The van der Waals surface area contributed by atoms with Gasteiger partial charge >= 0.3 is 0 Å². The minimum atomic E-state index is -0.178. The number of rotatable bonds is 5. The molecular formula is C27H20Cl2N2O3. The van der Waals surface area contributed by atoms with Gasteiger partial charge < -0.3 is 14.2 Å². The molecule has 0 N–H and O–H groups in total. The Morgan fingerprint density at radius 2 is 1.47 bits per heavy atom. The first-order valence-electron chi connectivity index (χ1n) is 10.7. The first-order chi connectivity index (χ1) is 16.5. The van der Waals surface area contributed by atoms with E-state index in [0.29, 0.717) is 40.1 Å². The zero-order valence-corrected chi connectivity index (χ0v) is 19.6. The molecule has 5 nitrogen and oxygen atoms in total. The van der Waals surface area contributed by atoms with Crippen LogP contribution in [-0.2, 0) is 17.9 Å². The highest BCUT2D eigenvalue weighted by Gasteiger charge is 2.27. The summed E-state index contributed by atoms with van der Waals surface area (Å²) in [4.78, 5) is 28.2. The largest absolute Gasteiger partial charge is 0.484 e. The van der Waals surface area contributed by atoms with Crippen LogP contribution in [0.3, 0.4) is 0 Å². The Morgan fingerprint density at radius 1 is 0.794 bits per heavy atom. The third-order valence-electron chi connectivity index (χ3n) is 5.82. The summed E-state index contributed by atoms with van der Waals surface area (Å²) in [6.45, 7) is 0.690. The molecule has 1 aromatic heterocycles. The number of carbonyl (C=O) groups excluding carboxylic acids is 2. The molecule has 7 heteroatoms. The maximum atomic E-state index is 13.2. The summed E-state index contributed by atoms with van der Waals surface area (Å²) in [6.07, 6.45) is 0. The van der Waals surface area contributed by atoms with E-state index in [9.17, 15) is 9.59 Å². The number of ketones is 1. The van der Waals surface area contributed by atoms with Crippen molar-refractivity contribution in [3.63, 3.8) is 0 Å². The second-order valence-electron chi connectivity index (χ2n) is 7.98. The van der Waals surface area contributed by atoms with Gasteiger partial charge in [0.15, 0.2) is 6.61 Å². The van der Waals surface area contributed by atoms with E-state index in [0.717, 1.165) is 16.9 Å². The summed E-state index contributed by atoms with van der Waals surface area (Å²) in [5.74, 6) is 0.300. The second kappa shape index (κ2) is 9.37. The molecule has 0 bridgehead atoms. The maximum absolute atomic E-state index is 13.2. The van der Waals surface area contributed by atoms with Crippen molar-refractivity contribution < 1.29 is 14.3 Å². The summed E-state index contributed by atoms with van der Waals surface area (Å²) in [5, 5.41) is 1.18. The lowest BCUT2D eigenvalue weighted by molar-refractivity contribution is -0.120. The molecule has 0 fully saturated rings. The predicted octanol–water partition coefficient (Wildman–Crippen LogP) is 6.00. The van der Waals surface area contributed by atoms with Crippen LogP contribution in [-0.4, -0.2) is 22.9 Å². The zero-order chi connectivity index (χ0) is 23.7. The quantitative estimate of drug-likeness (QED) is 0.322. The molecule has 0 saturated carbocycles. The second-order valence-corrected chi connectivity index (χ2v) is 8.86. The fraction of sp³-hybridized carbons (Fsp3) is 0.111. The molecule has 2 heterocycles. The number of hydrogen-bond donors (Lipinski definition) is 0. The molecular weight excluding hydrogens is 471 g/mol. The standard InChI is InChI=1S/C27H20Cl2N2O3/c28-20-7-5-18(6-8-20)27(33)25-14-11-22-16-31(24-4-2-1-3-19(24)15-30(22)25)26(32)17-34-23-12-9-21(29)10-13-23/h1-14H,15-17H2. The number of para-hydroxylation sites is 1.